The Labute approximate surface area is 90.1 Å². The van der Waals surface area contributed by atoms with E-state index in [1.807, 2.05) is 23.3 Å². The molecule has 1 heterocycles. The molecule has 0 unspecified atom stereocenters. The lowest BCUT2D eigenvalue weighted by atomic mass is 10.0. The molecule has 1 rings (SSSR count). The number of aromatic nitrogens is 1. The second kappa shape index (κ2) is 4.63. The Morgan fingerprint density at radius 3 is 2.92 bits per heavy atom. The summed E-state index contributed by atoms with van der Waals surface area (Å²) in [6.45, 7) is 4.50. The molecule has 0 bridgehead atoms. The lowest BCUT2D eigenvalue weighted by Crippen LogP contribution is -2.15. The van der Waals surface area contributed by atoms with Crippen LogP contribution in [0.25, 0.3) is 0 Å². The van der Waals surface area contributed by atoms with Gasteiger partial charge in [0, 0.05) is 22.7 Å². The molecule has 0 saturated carbocycles. The number of thioether (sulfide) groups is 1. The predicted molar refractivity (Wildman–Crippen MR) is 60.4 cm³/mol. The third-order valence-corrected chi connectivity index (χ3v) is 5.36. The summed E-state index contributed by atoms with van der Waals surface area (Å²) in [5.41, 5.74) is 0.357. The lowest BCUT2D eigenvalue weighted by molar-refractivity contribution is 0.496. The highest BCUT2D eigenvalue weighted by Gasteiger charge is 2.16. The van der Waals surface area contributed by atoms with Crippen molar-refractivity contribution in [1.29, 1.82) is 0 Å². The van der Waals surface area contributed by atoms with Crippen molar-refractivity contribution in [2.45, 2.75) is 18.2 Å². The van der Waals surface area contributed by atoms with E-state index in [0.29, 0.717) is 5.41 Å². The first-order valence-corrected chi connectivity index (χ1v) is 6.71. The van der Waals surface area contributed by atoms with E-state index in [1.54, 1.807) is 11.3 Å². The summed E-state index contributed by atoms with van der Waals surface area (Å²) >= 11 is 7.05. The van der Waals surface area contributed by atoms with Crippen LogP contribution in [0.15, 0.2) is 15.9 Å². The Balaban J connectivity index is 2.36. The van der Waals surface area contributed by atoms with E-state index in [9.17, 15) is 0 Å². The number of rotatable bonds is 4. The molecule has 0 atom stereocenters. The van der Waals surface area contributed by atoms with Crippen LogP contribution >= 0.6 is 39.0 Å². The second-order valence-electron chi connectivity index (χ2n) is 3.38. The highest BCUT2D eigenvalue weighted by molar-refractivity contribution is 9.09. The summed E-state index contributed by atoms with van der Waals surface area (Å²) in [6.07, 6.45) is 1.86. The summed E-state index contributed by atoms with van der Waals surface area (Å²) < 4.78 is 1.17. The van der Waals surface area contributed by atoms with Crippen molar-refractivity contribution < 1.29 is 0 Å². The van der Waals surface area contributed by atoms with Gasteiger partial charge < -0.3 is 0 Å². The van der Waals surface area contributed by atoms with Crippen molar-refractivity contribution in [3.05, 3.63) is 11.6 Å². The molecule has 1 aromatic rings. The molecular formula is C8H12BrNS2. The standard InChI is InChI=1S/C8H12BrNS2/c1-8(2,5-9)6-12-7-10-3-4-11-7/h3-4H,5-6H2,1-2H3. The number of hydrogen-bond acceptors (Lipinski definition) is 3. The summed E-state index contributed by atoms with van der Waals surface area (Å²) in [5.74, 6) is 1.12. The zero-order valence-corrected chi connectivity index (χ0v) is 10.4. The van der Waals surface area contributed by atoms with E-state index in [0.717, 1.165) is 11.1 Å². The molecule has 0 N–H and O–H groups in total. The molecule has 0 spiro atoms. The minimum Gasteiger partial charge on any atom is -0.238 e. The summed E-state index contributed by atoms with van der Waals surface area (Å²) in [6, 6.07) is 0. The number of alkyl halides is 1. The lowest BCUT2D eigenvalue weighted by Gasteiger charge is -2.19. The van der Waals surface area contributed by atoms with Gasteiger partial charge in [0.15, 0.2) is 0 Å². The Kier molecular flexibility index (Phi) is 4.06. The van der Waals surface area contributed by atoms with Gasteiger partial charge in [-0.05, 0) is 5.41 Å². The quantitative estimate of drug-likeness (QED) is 0.609. The van der Waals surface area contributed by atoms with Crippen molar-refractivity contribution in [2.24, 2.45) is 5.41 Å². The zero-order chi connectivity index (χ0) is 9.03. The Bertz CT molecular complexity index is 221. The second-order valence-corrected chi connectivity index (χ2v) is 6.06. The fourth-order valence-corrected chi connectivity index (χ4v) is 2.77. The molecule has 0 aliphatic carbocycles. The summed E-state index contributed by atoms with van der Waals surface area (Å²) in [5, 5.41) is 3.06. The molecule has 0 aliphatic rings. The first kappa shape index (κ1) is 10.5. The van der Waals surface area contributed by atoms with Crippen LogP contribution in [0.5, 0.6) is 0 Å². The van der Waals surface area contributed by atoms with E-state index < -0.39 is 0 Å². The number of halogens is 1. The van der Waals surface area contributed by atoms with Gasteiger partial charge in [0.25, 0.3) is 0 Å². The Hall–Kier alpha value is 0.460. The van der Waals surface area contributed by atoms with Gasteiger partial charge in [0.1, 0.15) is 4.34 Å². The highest BCUT2D eigenvalue weighted by atomic mass is 79.9. The van der Waals surface area contributed by atoms with Crippen LogP contribution in [0.4, 0.5) is 0 Å². The average Bonchev–Trinajstić information content (AvgIpc) is 2.53. The van der Waals surface area contributed by atoms with Crippen molar-refractivity contribution in [3.8, 4) is 0 Å². The van der Waals surface area contributed by atoms with E-state index in [2.05, 4.69) is 34.8 Å². The van der Waals surface area contributed by atoms with Gasteiger partial charge in [0.2, 0.25) is 0 Å². The van der Waals surface area contributed by atoms with E-state index >= 15 is 0 Å². The minimum absolute atomic E-state index is 0.357. The van der Waals surface area contributed by atoms with E-state index in [-0.39, 0.29) is 0 Å². The maximum Gasteiger partial charge on any atom is 0.149 e. The molecule has 68 valence electrons. The average molecular weight is 266 g/mol. The van der Waals surface area contributed by atoms with Crippen LogP contribution in [0.1, 0.15) is 13.8 Å². The maximum absolute atomic E-state index is 4.22. The van der Waals surface area contributed by atoms with Crippen LogP contribution < -0.4 is 0 Å². The maximum atomic E-state index is 4.22. The molecule has 4 heteroatoms. The third kappa shape index (κ3) is 3.46. The first-order chi connectivity index (χ1) is 5.64. The molecule has 0 saturated heterocycles. The highest BCUT2D eigenvalue weighted by Crippen LogP contribution is 2.29. The van der Waals surface area contributed by atoms with Crippen LogP contribution in [-0.4, -0.2) is 16.1 Å². The first-order valence-electron chi connectivity index (χ1n) is 3.72. The number of hydrogen-bond donors (Lipinski definition) is 0. The molecule has 12 heavy (non-hydrogen) atoms. The van der Waals surface area contributed by atoms with Crippen molar-refractivity contribution in [2.75, 3.05) is 11.1 Å². The van der Waals surface area contributed by atoms with E-state index in [4.69, 9.17) is 0 Å². The molecule has 0 fully saturated rings. The van der Waals surface area contributed by atoms with Crippen molar-refractivity contribution >= 4 is 39.0 Å². The minimum atomic E-state index is 0.357. The molecule has 0 aromatic carbocycles. The molecule has 0 amide bonds. The van der Waals surface area contributed by atoms with Crippen molar-refractivity contribution in [1.82, 2.24) is 4.98 Å². The van der Waals surface area contributed by atoms with Gasteiger partial charge in [-0.25, -0.2) is 4.98 Å². The molecular weight excluding hydrogens is 254 g/mol. The molecule has 1 aromatic heterocycles. The number of nitrogens with zero attached hydrogens (tertiary/aromatic N) is 1. The predicted octanol–water partition coefficient (Wildman–Crippen LogP) is 3.66. The van der Waals surface area contributed by atoms with Crippen LogP contribution in [0.2, 0.25) is 0 Å². The largest absolute Gasteiger partial charge is 0.238 e. The van der Waals surface area contributed by atoms with Crippen LogP contribution in [0, 0.1) is 5.41 Å². The summed E-state index contributed by atoms with van der Waals surface area (Å²) in [7, 11) is 0. The van der Waals surface area contributed by atoms with Gasteiger partial charge >= 0.3 is 0 Å². The topological polar surface area (TPSA) is 12.9 Å². The van der Waals surface area contributed by atoms with Crippen molar-refractivity contribution in [3.63, 3.8) is 0 Å². The van der Waals surface area contributed by atoms with Gasteiger partial charge in [-0.3, -0.25) is 0 Å². The zero-order valence-electron chi connectivity index (χ0n) is 7.21. The van der Waals surface area contributed by atoms with Crippen LogP contribution in [-0.2, 0) is 0 Å². The Morgan fingerprint density at radius 1 is 1.67 bits per heavy atom. The van der Waals surface area contributed by atoms with Gasteiger partial charge in [0.05, 0.1) is 0 Å². The normalized spacial score (nSPS) is 11.9. The third-order valence-electron chi connectivity index (χ3n) is 1.36. The van der Waals surface area contributed by atoms with Crippen LogP contribution in [0.3, 0.4) is 0 Å². The monoisotopic (exact) mass is 265 g/mol. The van der Waals surface area contributed by atoms with E-state index in [1.165, 1.54) is 4.34 Å². The summed E-state index contributed by atoms with van der Waals surface area (Å²) in [4.78, 5) is 4.22. The SMILES string of the molecule is CC(C)(CBr)CSc1nccs1. The molecule has 0 aliphatic heterocycles. The number of thiazole rings is 1. The van der Waals surface area contributed by atoms with Gasteiger partial charge in [-0.2, -0.15) is 0 Å². The van der Waals surface area contributed by atoms with Gasteiger partial charge in [-0.15, -0.1) is 11.3 Å². The fourth-order valence-electron chi connectivity index (χ4n) is 0.577. The smallest absolute Gasteiger partial charge is 0.149 e. The Morgan fingerprint density at radius 2 is 2.42 bits per heavy atom. The molecule has 1 nitrogen and oxygen atoms in total. The molecule has 0 radical (unpaired) electrons. The van der Waals surface area contributed by atoms with Gasteiger partial charge in [-0.1, -0.05) is 41.5 Å². The fraction of sp³-hybridized carbons (Fsp3) is 0.625.